The number of likely N-dealkylation sites (tertiary alicyclic amines) is 1. The van der Waals surface area contributed by atoms with Crippen LogP contribution in [0.4, 0.5) is 0 Å². The monoisotopic (exact) mass is 380 g/mol. The topological polar surface area (TPSA) is 61.0 Å². The highest BCUT2D eigenvalue weighted by Crippen LogP contribution is 2.28. The third-order valence-corrected chi connectivity index (χ3v) is 5.42. The van der Waals surface area contributed by atoms with Crippen LogP contribution >= 0.6 is 0 Å². The molecule has 4 rings (SSSR count). The van der Waals surface area contributed by atoms with E-state index in [2.05, 4.69) is 49.9 Å². The van der Waals surface area contributed by atoms with Crippen molar-refractivity contribution < 1.29 is 4.74 Å². The maximum absolute atomic E-state index is 5.80. The van der Waals surface area contributed by atoms with Crippen molar-refractivity contribution in [2.75, 3.05) is 19.7 Å². The number of rotatable bonds is 7. The fourth-order valence-electron chi connectivity index (χ4n) is 3.99. The second-order valence-corrected chi connectivity index (χ2v) is 7.38. The van der Waals surface area contributed by atoms with Crippen molar-refractivity contribution in [1.82, 2.24) is 29.2 Å². The normalized spacial score (nSPS) is 17.7. The molecule has 148 valence electrons. The van der Waals surface area contributed by atoms with Crippen molar-refractivity contribution in [2.24, 2.45) is 7.05 Å². The van der Waals surface area contributed by atoms with Crippen molar-refractivity contribution >= 4 is 0 Å². The predicted octanol–water partition coefficient (Wildman–Crippen LogP) is 2.84. The molecule has 0 spiro atoms. The Morgan fingerprint density at radius 1 is 1.18 bits per heavy atom. The fourth-order valence-corrected chi connectivity index (χ4v) is 3.99. The summed E-state index contributed by atoms with van der Waals surface area (Å²) in [5.74, 6) is 3.44. The van der Waals surface area contributed by atoms with Gasteiger partial charge in [-0.2, -0.15) is 0 Å². The van der Waals surface area contributed by atoms with E-state index in [9.17, 15) is 0 Å². The lowest BCUT2D eigenvalue weighted by Crippen LogP contribution is -2.35. The Morgan fingerprint density at radius 2 is 2.07 bits per heavy atom. The van der Waals surface area contributed by atoms with Gasteiger partial charge in [0.25, 0.3) is 0 Å². The van der Waals surface area contributed by atoms with E-state index in [1.165, 1.54) is 12.0 Å². The van der Waals surface area contributed by atoms with E-state index in [1.54, 1.807) is 6.20 Å². The Morgan fingerprint density at radius 3 is 2.89 bits per heavy atom. The van der Waals surface area contributed by atoms with Gasteiger partial charge in [-0.1, -0.05) is 18.2 Å². The summed E-state index contributed by atoms with van der Waals surface area (Å²) in [6, 6.07) is 8.35. The van der Waals surface area contributed by atoms with Crippen LogP contribution < -0.4 is 4.74 Å². The summed E-state index contributed by atoms with van der Waals surface area (Å²) < 4.78 is 9.98. The van der Waals surface area contributed by atoms with Gasteiger partial charge in [0.1, 0.15) is 11.6 Å². The fraction of sp³-hybridized carbons (Fsp3) is 0.476. The molecule has 1 aromatic carbocycles. The SMILES string of the molecule is CCOc1ccccc1CN1CCC[C@@H](c2nnc(Cn3ccnc3)n2C)C1. The first-order chi connectivity index (χ1) is 13.7. The van der Waals surface area contributed by atoms with Gasteiger partial charge in [-0.15, -0.1) is 10.2 Å². The first-order valence-corrected chi connectivity index (χ1v) is 10.0. The quantitative estimate of drug-likeness (QED) is 0.631. The smallest absolute Gasteiger partial charge is 0.152 e. The lowest BCUT2D eigenvalue weighted by atomic mass is 9.96. The van der Waals surface area contributed by atoms with Crippen LogP contribution in [-0.2, 0) is 20.1 Å². The molecular weight excluding hydrogens is 352 g/mol. The lowest BCUT2D eigenvalue weighted by Gasteiger charge is -2.32. The van der Waals surface area contributed by atoms with Crippen molar-refractivity contribution in [3.8, 4) is 5.75 Å². The maximum atomic E-state index is 5.80. The van der Waals surface area contributed by atoms with Crippen molar-refractivity contribution in [3.05, 3.63) is 60.2 Å². The molecule has 1 aliphatic heterocycles. The van der Waals surface area contributed by atoms with Crippen LogP contribution in [0.2, 0.25) is 0 Å². The molecule has 0 radical (unpaired) electrons. The average molecular weight is 380 g/mol. The first kappa shape index (κ1) is 18.7. The van der Waals surface area contributed by atoms with Crippen molar-refractivity contribution in [3.63, 3.8) is 0 Å². The van der Waals surface area contributed by atoms with E-state index in [-0.39, 0.29) is 0 Å². The van der Waals surface area contributed by atoms with Crippen LogP contribution in [0.3, 0.4) is 0 Å². The highest BCUT2D eigenvalue weighted by Gasteiger charge is 2.26. The van der Waals surface area contributed by atoms with Crippen LogP contribution in [0, 0.1) is 0 Å². The van der Waals surface area contributed by atoms with Crippen LogP contribution in [0.25, 0.3) is 0 Å². The molecule has 28 heavy (non-hydrogen) atoms. The molecule has 0 N–H and O–H groups in total. The number of ether oxygens (including phenoxy) is 1. The lowest BCUT2D eigenvalue weighted by molar-refractivity contribution is 0.192. The molecule has 3 heterocycles. The molecule has 1 fully saturated rings. The molecule has 3 aromatic rings. The molecule has 0 amide bonds. The average Bonchev–Trinajstić information content (AvgIpc) is 3.35. The molecule has 0 aliphatic carbocycles. The Labute approximate surface area is 166 Å². The van der Waals surface area contributed by atoms with Crippen LogP contribution in [0.1, 0.15) is 42.9 Å². The summed E-state index contributed by atoms with van der Waals surface area (Å²) in [6.45, 7) is 6.43. The maximum Gasteiger partial charge on any atom is 0.152 e. The number of hydrogen-bond acceptors (Lipinski definition) is 5. The van der Waals surface area contributed by atoms with E-state index < -0.39 is 0 Å². The van der Waals surface area contributed by atoms with Crippen molar-refractivity contribution in [2.45, 2.75) is 38.8 Å². The van der Waals surface area contributed by atoms with Gasteiger partial charge in [0, 0.05) is 44.0 Å². The van der Waals surface area contributed by atoms with Crippen LogP contribution in [0.15, 0.2) is 43.0 Å². The third-order valence-electron chi connectivity index (χ3n) is 5.42. The molecule has 0 saturated carbocycles. The Bertz CT molecular complexity index is 888. The van der Waals surface area contributed by atoms with Crippen LogP contribution in [-0.4, -0.2) is 48.9 Å². The number of hydrogen-bond donors (Lipinski definition) is 0. The molecule has 0 bridgehead atoms. The molecular formula is C21H28N6O. The second kappa shape index (κ2) is 8.56. The van der Waals surface area contributed by atoms with Crippen LogP contribution in [0.5, 0.6) is 5.75 Å². The van der Waals surface area contributed by atoms with Gasteiger partial charge in [0.2, 0.25) is 0 Å². The predicted molar refractivity (Wildman–Crippen MR) is 107 cm³/mol. The number of nitrogens with zero attached hydrogens (tertiary/aromatic N) is 6. The third kappa shape index (κ3) is 4.09. The zero-order chi connectivity index (χ0) is 19.3. The number of aromatic nitrogens is 5. The van der Waals surface area contributed by atoms with Gasteiger partial charge in [0.05, 0.1) is 19.5 Å². The van der Waals surface area contributed by atoms with E-state index in [0.717, 1.165) is 43.5 Å². The summed E-state index contributed by atoms with van der Waals surface area (Å²) >= 11 is 0. The summed E-state index contributed by atoms with van der Waals surface area (Å²) in [5.41, 5.74) is 1.25. The summed E-state index contributed by atoms with van der Waals surface area (Å²) in [6.07, 6.45) is 7.88. The minimum Gasteiger partial charge on any atom is -0.494 e. The van der Waals surface area contributed by atoms with Gasteiger partial charge in [-0.05, 0) is 32.4 Å². The van der Waals surface area contributed by atoms with E-state index in [4.69, 9.17) is 4.74 Å². The molecule has 1 saturated heterocycles. The number of imidazole rings is 1. The largest absolute Gasteiger partial charge is 0.494 e. The van der Waals surface area contributed by atoms with E-state index >= 15 is 0 Å². The zero-order valence-corrected chi connectivity index (χ0v) is 16.7. The summed E-state index contributed by atoms with van der Waals surface area (Å²) in [7, 11) is 2.07. The Hall–Kier alpha value is -2.67. The molecule has 2 aromatic heterocycles. The van der Waals surface area contributed by atoms with Gasteiger partial charge in [-0.25, -0.2) is 4.98 Å². The molecule has 0 unspecified atom stereocenters. The molecule has 1 aliphatic rings. The number of para-hydroxylation sites is 1. The zero-order valence-electron chi connectivity index (χ0n) is 16.7. The highest BCUT2D eigenvalue weighted by atomic mass is 16.5. The van der Waals surface area contributed by atoms with Gasteiger partial charge >= 0.3 is 0 Å². The van der Waals surface area contributed by atoms with Crippen molar-refractivity contribution in [1.29, 1.82) is 0 Å². The minimum absolute atomic E-state index is 0.405. The molecule has 1 atom stereocenters. The first-order valence-electron chi connectivity index (χ1n) is 10.0. The summed E-state index contributed by atoms with van der Waals surface area (Å²) in [5, 5.41) is 8.98. The van der Waals surface area contributed by atoms with E-state index in [1.807, 2.05) is 30.1 Å². The Balaban J connectivity index is 1.45. The van der Waals surface area contributed by atoms with Gasteiger partial charge < -0.3 is 13.9 Å². The molecule has 7 nitrogen and oxygen atoms in total. The van der Waals surface area contributed by atoms with Gasteiger partial charge in [-0.3, -0.25) is 4.90 Å². The number of piperidine rings is 1. The highest BCUT2D eigenvalue weighted by molar-refractivity contribution is 5.33. The van der Waals surface area contributed by atoms with E-state index in [0.29, 0.717) is 19.1 Å². The summed E-state index contributed by atoms with van der Waals surface area (Å²) in [4.78, 5) is 6.61. The number of benzene rings is 1. The second-order valence-electron chi connectivity index (χ2n) is 7.38. The van der Waals surface area contributed by atoms with Gasteiger partial charge in [0.15, 0.2) is 5.82 Å². The minimum atomic E-state index is 0.405. The molecule has 7 heteroatoms. The Kier molecular flexibility index (Phi) is 5.71. The standard InChI is InChI=1S/C21H28N6O/c1-3-28-19-9-5-4-7-17(19)13-26-11-6-8-18(14-26)21-24-23-20(25(21)2)15-27-12-10-22-16-27/h4-5,7,9-10,12,16,18H,3,6,8,11,13-15H2,1-2H3/t18-/m1/s1.